The smallest absolute Gasteiger partial charge is 0.311 e. The quantitative estimate of drug-likeness (QED) is 0.706. The summed E-state index contributed by atoms with van der Waals surface area (Å²) in [5, 5.41) is 8.96. The molecule has 1 rings (SSSR count). The third-order valence-corrected chi connectivity index (χ3v) is 2.14. The van der Waals surface area contributed by atoms with Crippen molar-refractivity contribution in [2.24, 2.45) is 5.41 Å². The molecule has 1 heterocycles. The lowest BCUT2D eigenvalue weighted by Crippen LogP contribution is -2.27. The molecular formula is C10H17FO4. The zero-order chi connectivity index (χ0) is 11.6. The van der Waals surface area contributed by atoms with Crippen LogP contribution < -0.4 is 0 Å². The SMILES string of the molecule is CC(C)(C)C(=O)OC[C@@H]1C[C@H](F)C(O)O1. The minimum atomic E-state index is -1.39. The zero-order valence-electron chi connectivity index (χ0n) is 9.20. The van der Waals surface area contributed by atoms with Gasteiger partial charge in [0, 0.05) is 6.42 Å². The summed E-state index contributed by atoms with van der Waals surface area (Å²) in [5.41, 5.74) is -0.577. The Morgan fingerprint density at radius 3 is 2.60 bits per heavy atom. The molecule has 0 saturated carbocycles. The van der Waals surface area contributed by atoms with Crippen molar-refractivity contribution in [3.63, 3.8) is 0 Å². The summed E-state index contributed by atoms with van der Waals surface area (Å²) in [7, 11) is 0. The van der Waals surface area contributed by atoms with E-state index in [0.29, 0.717) is 0 Å². The minimum Gasteiger partial charge on any atom is -0.463 e. The number of esters is 1. The standard InChI is InChI=1S/C10H17FO4/c1-10(2,3)9(13)14-5-6-4-7(11)8(12)15-6/h6-8,12H,4-5H2,1-3H3/t6-,7-,8?/m0/s1. The second-order valence-corrected chi connectivity index (χ2v) is 4.75. The number of halogens is 1. The monoisotopic (exact) mass is 220 g/mol. The first-order chi connectivity index (χ1) is 6.80. The van der Waals surface area contributed by atoms with E-state index in [2.05, 4.69) is 0 Å². The molecule has 0 bridgehead atoms. The van der Waals surface area contributed by atoms with Gasteiger partial charge in [-0.3, -0.25) is 4.79 Å². The largest absolute Gasteiger partial charge is 0.463 e. The molecule has 15 heavy (non-hydrogen) atoms. The predicted octanol–water partition coefficient (Wildman–Crippen LogP) is 1.02. The molecule has 0 aromatic rings. The van der Waals surface area contributed by atoms with Gasteiger partial charge < -0.3 is 14.6 Å². The highest BCUT2D eigenvalue weighted by atomic mass is 19.1. The van der Waals surface area contributed by atoms with Gasteiger partial charge in [-0.05, 0) is 20.8 Å². The molecule has 0 aromatic carbocycles. The van der Waals surface area contributed by atoms with Gasteiger partial charge in [0.15, 0.2) is 12.5 Å². The summed E-state index contributed by atoms with van der Waals surface area (Å²) in [6, 6.07) is 0. The molecule has 1 aliphatic heterocycles. The first-order valence-corrected chi connectivity index (χ1v) is 4.95. The molecule has 88 valence electrons. The first-order valence-electron chi connectivity index (χ1n) is 4.95. The Bertz CT molecular complexity index is 226. The number of aliphatic hydroxyl groups is 1. The fraction of sp³-hybridized carbons (Fsp3) is 0.900. The molecule has 3 atom stereocenters. The number of alkyl halides is 1. The van der Waals surface area contributed by atoms with Crippen molar-refractivity contribution < 1.29 is 23.8 Å². The maximum Gasteiger partial charge on any atom is 0.311 e. The molecule has 1 N–H and O–H groups in total. The summed E-state index contributed by atoms with van der Waals surface area (Å²) in [6.45, 7) is 5.19. The highest BCUT2D eigenvalue weighted by molar-refractivity contribution is 5.75. The van der Waals surface area contributed by atoms with Crippen LogP contribution in [-0.4, -0.2) is 36.2 Å². The van der Waals surface area contributed by atoms with E-state index in [1.807, 2.05) is 0 Å². The number of hydrogen-bond acceptors (Lipinski definition) is 4. The predicted molar refractivity (Wildman–Crippen MR) is 50.8 cm³/mol. The van der Waals surface area contributed by atoms with Gasteiger partial charge in [0.25, 0.3) is 0 Å². The van der Waals surface area contributed by atoms with E-state index in [1.165, 1.54) is 0 Å². The van der Waals surface area contributed by atoms with Crippen molar-refractivity contribution in [3.8, 4) is 0 Å². The van der Waals surface area contributed by atoms with Crippen LogP contribution in [0, 0.1) is 5.41 Å². The number of aliphatic hydroxyl groups excluding tert-OH is 1. The number of ether oxygens (including phenoxy) is 2. The molecule has 0 aromatic heterocycles. The van der Waals surface area contributed by atoms with Crippen LogP contribution in [0.4, 0.5) is 4.39 Å². The fourth-order valence-corrected chi connectivity index (χ4v) is 1.20. The van der Waals surface area contributed by atoms with Crippen LogP contribution in [0.25, 0.3) is 0 Å². The van der Waals surface area contributed by atoms with Gasteiger partial charge in [0.1, 0.15) is 6.61 Å². The lowest BCUT2D eigenvalue weighted by molar-refractivity contribution is -0.162. The van der Waals surface area contributed by atoms with Gasteiger partial charge in [-0.15, -0.1) is 0 Å². The Hall–Kier alpha value is -0.680. The van der Waals surface area contributed by atoms with Gasteiger partial charge in [0.2, 0.25) is 0 Å². The van der Waals surface area contributed by atoms with Crippen LogP contribution in [0.2, 0.25) is 0 Å². The molecule has 0 amide bonds. The van der Waals surface area contributed by atoms with Crippen LogP contribution in [0.1, 0.15) is 27.2 Å². The number of carbonyl (C=O) groups is 1. The van der Waals surface area contributed by atoms with Crippen molar-refractivity contribution in [1.82, 2.24) is 0 Å². The van der Waals surface area contributed by atoms with Crippen LogP contribution in [0.15, 0.2) is 0 Å². The van der Waals surface area contributed by atoms with Crippen LogP contribution in [-0.2, 0) is 14.3 Å². The van der Waals surface area contributed by atoms with Crippen molar-refractivity contribution in [1.29, 1.82) is 0 Å². The van der Waals surface area contributed by atoms with Crippen molar-refractivity contribution in [2.45, 2.75) is 45.8 Å². The molecule has 1 saturated heterocycles. The normalized spacial score (nSPS) is 31.7. The number of carbonyl (C=O) groups excluding carboxylic acids is 1. The maximum atomic E-state index is 12.8. The average Bonchev–Trinajstić information content (AvgIpc) is 2.41. The van der Waals surface area contributed by atoms with Gasteiger partial charge in [0.05, 0.1) is 11.5 Å². The van der Waals surface area contributed by atoms with Gasteiger partial charge in [-0.25, -0.2) is 4.39 Å². The van der Waals surface area contributed by atoms with E-state index in [4.69, 9.17) is 14.6 Å². The van der Waals surface area contributed by atoms with Gasteiger partial charge in [-0.1, -0.05) is 0 Å². The lowest BCUT2D eigenvalue weighted by atomic mass is 9.97. The first kappa shape index (κ1) is 12.4. The summed E-state index contributed by atoms with van der Waals surface area (Å²) in [4.78, 5) is 11.4. The Kier molecular flexibility index (Phi) is 3.67. The van der Waals surface area contributed by atoms with E-state index >= 15 is 0 Å². The highest BCUT2D eigenvalue weighted by Gasteiger charge is 2.35. The third-order valence-electron chi connectivity index (χ3n) is 2.14. The molecule has 0 aliphatic carbocycles. The highest BCUT2D eigenvalue weighted by Crippen LogP contribution is 2.23. The van der Waals surface area contributed by atoms with Crippen LogP contribution in [0.3, 0.4) is 0 Å². The second-order valence-electron chi connectivity index (χ2n) is 4.75. The summed E-state index contributed by atoms with van der Waals surface area (Å²) < 4.78 is 22.6. The van der Waals surface area contributed by atoms with E-state index in [9.17, 15) is 9.18 Å². The molecule has 0 radical (unpaired) electrons. The molecule has 1 aliphatic rings. The molecule has 1 fully saturated rings. The molecule has 0 spiro atoms. The zero-order valence-corrected chi connectivity index (χ0v) is 9.20. The Labute approximate surface area is 88.4 Å². The summed E-state index contributed by atoms with van der Waals surface area (Å²) >= 11 is 0. The Balaban J connectivity index is 2.30. The van der Waals surface area contributed by atoms with E-state index < -0.39 is 24.0 Å². The van der Waals surface area contributed by atoms with E-state index in [0.717, 1.165) is 0 Å². The van der Waals surface area contributed by atoms with Gasteiger partial charge >= 0.3 is 5.97 Å². The number of hydrogen-bond donors (Lipinski definition) is 1. The summed E-state index contributed by atoms with van der Waals surface area (Å²) in [6.07, 6.45) is -3.24. The molecule has 1 unspecified atom stereocenters. The van der Waals surface area contributed by atoms with E-state index in [-0.39, 0.29) is 19.0 Å². The molecular weight excluding hydrogens is 203 g/mol. The Morgan fingerprint density at radius 1 is 1.60 bits per heavy atom. The van der Waals surface area contributed by atoms with Crippen molar-refractivity contribution in [3.05, 3.63) is 0 Å². The maximum absolute atomic E-state index is 12.8. The second kappa shape index (κ2) is 4.45. The van der Waals surface area contributed by atoms with Crippen molar-refractivity contribution >= 4 is 5.97 Å². The molecule has 5 heteroatoms. The molecule has 4 nitrogen and oxygen atoms in total. The van der Waals surface area contributed by atoms with E-state index in [1.54, 1.807) is 20.8 Å². The van der Waals surface area contributed by atoms with Crippen LogP contribution in [0.5, 0.6) is 0 Å². The average molecular weight is 220 g/mol. The minimum absolute atomic E-state index is 0.00637. The Morgan fingerprint density at radius 2 is 2.20 bits per heavy atom. The van der Waals surface area contributed by atoms with Crippen molar-refractivity contribution in [2.75, 3.05) is 6.61 Å². The number of rotatable bonds is 2. The van der Waals surface area contributed by atoms with Gasteiger partial charge in [-0.2, -0.15) is 0 Å². The van der Waals surface area contributed by atoms with Crippen LogP contribution >= 0.6 is 0 Å². The lowest BCUT2D eigenvalue weighted by Gasteiger charge is -2.18. The third kappa shape index (κ3) is 3.43. The fourth-order valence-electron chi connectivity index (χ4n) is 1.20. The summed E-state index contributed by atoms with van der Waals surface area (Å²) in [5.74, 6) is -0.358. The topological polar surface area (TPSA) is 55.8 Å².